The minimum atomic E-state index is -1.20. The van der Waals surface area contributed by atoms with Crippen LogP contribution < -0.4 is 10.0 Å². The van der Waals surface area contributed by atoms with Crippen molar-refractivity contribution in [2.45, 2.75) is 13.5 Å². The van der Waals surface area contributed by atoms with Crippen LogP contribution in [-0.2, 0) is 6.54 Å². The minimum absolute atomic E-state index is 0.0653. The molecule has 21 heavy (non-hydrogen) atoms. The smallest absolute Gasteiger partial charge is 0.137 e. The van der Waals surface area contributed by atoms with Crippen molar-refractivity contribution in [3.8, 4) is 0 Å². The maximum atomic E-state index is 11.4. The summed E-state index contributed by atoms with van der Waals surface area (Å²) in [5.74, 6) is -1.20. The van der Waals surface area contributed by atoms with Crippen molar-refractivity contribution < 1.29 is 14.8 Å². The summed E-state index contributed by atoms with van der Waals surface area (Å²) in [5.41, 5.74) is 2.45. The molecule has 0 bridgehead atoms. The Morgan fingerprint density at radius 1 is 1.38 bits per heavy atom. The zero-order valence-corrected chi connectivity index (χ0v) is 12.4. The fourth-order valence-corrected chi connectivity index (χ4v) is 2.94. The average molecular weight is 288 g/mol. The number of aromatic nitrogens is 2. The lowest BCUT2D eigenvalue weighted by molar-refractivity contribution is -0.884. The number of nitrogens with one attached hydrogen (secondary N) is 1. The van der Waals surface area contributed by atoms with Gasteiger partial charge in [0, 0.05) is 25.3 Å². The molecule has 1 aliphatic heterocycles. The number of fused-ring (bicyclic) bond motifs is 1. The predicted molar refractivity (Wildman–Crippen MR) is 76.2 cm³/mol. The van der Waals surface area contributed by atoms with Gasteiger partial charge in [0.05, 0.1) is 31.8 Å². The second-order valence-electron chi connectivity index (χ2n) is 5.79. The monoisotopic (exact) mass is 288 g/mol. The molecule has 1 fully saturated rings. The molecule has 3 rings (SSSR count). The number of aromatic carboxylic acids is 1. The lowest BCUT2D eigenvalue weighted by Gasteiger charge is -2.30. The highest BCUT2D eigenvalue weighted by Crippen LogP contribution is 2.17. The molecule has 0 aliphatic carbocycles. The largest absolute Gasteiger partial charge is 0.543 e. The standard InChI is InChI=1S/C15H20N4O2/c1-11-4-3-5-13-16-14(15(20)21)12(19(11)13)10-18-8-6-17(2)7-9-18/h3-5H,6-10H2,1-2H3,(H,20,21). The van der Waals surface area contributed by atoms with Gasteiger partial charge in [0.2, 0.25) is 0 Å². The second kappa shape index (κ2) is 5.46. The first-order chi connectivity index (χ1) is 10.1. The molecule has 0 amide bonds. The van der Waals surface area contributed by atoms with Crippen LogP contribution in [-0.4, -0.2) is 53.5 Å². The molecule has 6 heteroatoms. The van der Waals surface area contributed by atoms with Gasteiger partial charge in [-0.2, -0.15) is 0 Å². The zero-order chi connectivity index (χ0) is 15.0. The molecule has 0 saturated carbocycles. The fraction of sp³-hybridized carbons (Fsp3) is 0.467. The van der Waals surface area contributed by atoms with Gasteiger partial charge in [0.15, 0.2) is 0 Å². The van der Waals surface area contributed by atoms with Crippen LogP contribution in [0.15, 0.2) is 18.2 Å². The van der Waals surface area contributed by atoms with Crippen LogP contribution in [0.4, 0.5) is 0 Å². The maximum Gasteiger partial charge on any atom is 0.137 e. The number of carbonyl (C=O) groups excluding carboxylic acids is 1. The third kappa shape index (κ3) is 2.64. The Morgan fingerprint density at radius 3 is 2.76 bits per heavy atom. The van der Waals surface area contributed by atoms with Crippen molar-refractivity contribution >= 4 is 11.6 Å². The number of hydrogen-bond acceptors (Lipinski definition) is 4. The van der Waals surface area contributed by atoms with Gasteiger partial charge in [-0.05, 0) is 19.1 Å². The zero-order valence-electron chi connectivity index (χ0n) is 12.4. The van der Waals surface area contributed by atoms with E-state index in [1.54, 1.807) is 0 Å². The van der Waals surface area contributed by atoms with Crippen LogP contribution in [0.1, 0.15) is 21.9 Å². The summed E-state index contributed by atoms with van der Waals surface area (Å²) in [6.45, 7) is 6.66. The molecule has 1 saturated heterocycles. The quantitative estimate of drug-likeness (QED) is 0.734. The topological polar surface area (TPSA) is 65.1 Å². The number of piperazine rings is 1. The number of likely N-dealkylation sites (N-methyl/N-ethyl adjacent to an activating group) is 1. The summed E-state index contributed by atoms with van der Waals surface area (Å²) in [6, 6.07) is 5.68. The highest BCUT2D eigenvalue weighted by molar-refractivity contribution is 5.86. The summed E-state index contributed by atoms with van der Waals surface area (Å²) in [5, 5.41) is 11.4. The molecule has 112 valence electrons. The predicted octanol–water partition coefficient (Wildman–Crippen LogP) is -1.66. The Hall–Kier alpha value is -1.92. The molecule has 0 atom stereocenters. The van der Waals surface area contributed by atoms with E-state index in [1.165, 1.54) is 4.90 Å². The number of rotatable bonds is 3. The van der Waals surface area contributed by atoms with Gasteiger partial charge in [-0.1, -0.05) is 6.07 Å². The molecule has 6 nitrogen and oxygen atoms in total. The van der Waals surface area contributed by atoms with E-state index in [1.807, 2.05) is 29.5 Å². The van der Waals surface area contributed by atoms with Gasteiger partial charge in [-0.3, -0.25) is 9.30 Å². The van der Waals surface area contributed by atoms with E-state index >= 15 is 0 Å². The van der Waals surface area contributed by atoms with Gasteiger partial charge >= 0.3 is 0 Å². The number of aryl methyl sites for hydroxylation is 1. The van der Waals surface area contributed by atoms with Crippen LogP contribution in [0.3, 0.4) is 0 Å². The molecule has 0 aromatic carbocycles. The van der Waals surface area contributed by atoms with Gasteiger partial charge < -0.3 is 14.8 Å². The molecule has 2 aromatic rings. The van der Waals surface area contributed by atoms with E-state index in [0.29, 0.717) is 12.2 Å². The first-order valence-corrected chi connectivity index (χ1v) is 7.28. The van der Waals surface area contributed by atoms with E-state index in [2.05, 4.69) is 16.9 Å². The molecule has 2 aromatic heterocycles. The summed E-state index contributed by atoms with van der Waals surface area (Å²) in [4.78, 5) is 19.4. The highest BCUT2D eigenvalue weighted by Gasteiger charge is 2.21. The van der Waals surface area contributed by atoms with Crippen molar-refractivity contribution in [3.05, 3.63) is 35.3 Å². The summed E-state index contributed by atoms with van der Waals surface area (Å²) in [7, 11) is 2.18. The maximum absolute atomic E-state index is 11.4. The third-order valence-electron chi connectivity index (χ3n) is 4.21. The number of pyridine rings is 1. The molecular weight excluding hydrogens is 268 g/mol. The minimum Gasteiger partial charge on any atom is -0.543 e. The Labute approximate surface area is 123 Å². The Balaban J connectivity index is 1.99. The van der Waals surface area contributed by atoms with E-state index in [9.17, 15) is 9.90 Å². The van der Waals surface area contributed by atoms with Crippen LogP contribution in [0, 0.1) is 6.92 Å². The molecule has 1 N–H and O–H groups in total. The van der Waals surface area contributed by atoms with Gasteiger partial charge in [-0.15, -0.1) is 0 Å². The van der Waals surface area contributed by atoms with Crippen molar-refractivity contribution in [1.29, 1.82) is 0 Å². The van der Waals surface area contributed by atoms with Crippen molar-refractivity contribution in [2.24, 2.45) is 0 Å². The van der Waals surface area contributed by atoms with Crippen molar-refractivity contribution in [2.75, 3.05) is 33.2 Å². The number of hydrogen-bond donors (Lipinski definition) is 1. The molecule has 0 unspecified atom stereocenters. The van der Waals surface area contributed by atoms with E-state index in [0.717, 1.165) is 37.6 Å². The van der Waals surface area contributed by atoms with Crippen LogP contribution in [0.5, 0.6) is 0 Å². The number of quaternary nitrogens is 1. The van der Waals surface area contributed by atoms with Crippen molar-refractivity contribution in [3.63, 3.8) is 0 Å². The molecule has 0 radical (unpaired) electrons. The Bertz CT molecular complexity index is 672. The Morgan fingerprint density at radius 2 is 2.10 bits per heavy atom. The SMILES string of the molecule is Cc1cccc2nc(C(=O)[O-])c(CN3CC[NH+](C)CC3)n12. The first-order valence-electron chi connectivity index (χ1n) is 7.28. The number of nitrogens with zero attached hydrogens (tertiary/aromatic N) is 3. The molecule has 0 spiro atoms. The first kappa shape index (κ1) is 14.0. The number of carboxylic acids is 1. The average Bonchev–Trinajstić information content (AvgIpc) is 2.82. The Kier molecular flexibility index (Phi) is 3.65. The summed E-state index contributed by atoms with van der Waals surface area (Å²) >= 11 is 0. The van der Waals surface area contributed by atoms with E-state index < -0.39 is 5.97 Å². The van der Waals surface area contributed by atoms with Gasteiger partial charge in [0.1, 0.15) is 11.3 Å². The normalized spacial score (nSPS) is 17.4. The number of imidazole rings is 1. The summed E-state index contributed by atoms with van der Waals surface area (Å²) in [6.07, 6.45) is 0. The molecule has 3 heterocycles. The molecule has 1 aliphatic rings. The lowest BCUT2D eigenvalue weighted by Crippen LogP contribution is -3.11. The lowest BCUT2D eigenvalue weighted by atomic mass is 10.2. The van der Waals surface area contributed by atoms with Crippen LogP contribution in [0.25, 0.3) is 5.65 Å². The second-order valence-corrected chi connectivity index (χ2v) is 5.79. The number of carbonyl (C=O) groups is 1. The van der Waals surface area contributed by atoms with Gasteiger partial charge in [0.25, 0.3) is 0 Å². The van der Waals surface area contributed by atoms with E-state index in [-0.39, 0.29) is 5.69 Å². The highest BCUT2D eigenvalue weighted by atomic mass is 16.4. The molecular formula is C15H20N4O2. The van der Waals surface area contributed by atoms with Crippen LogP contribution in [0.2, 0.25) is 0 Å². The van der Waals surface area contributed by atoms with E-state index in [4.69, 9.17) is 0 Å². The fourth-order valence-electron chi connectivity index (χ4n) is 2.94. The van der Waals surface area contributed by atoms with Gasteiger partial charge in [-0.25, -0.2) is 4.98 Å². The summed E-state index contributed by atoms with van der Waals surface area (Å²) < 4.78 is 1.93. The van der Waals surface area contributed by atoms with Crippen molar-refractivity contribution in [1.82, 2.24) is 14.3 Å². The third-order valence-corrected chi connectivity index (χ3v) is 4.21. The number of carboxylic acid groups (broad SMARTS) is 1. The van der Waals surface area contributed by atoms with Crippen LogP contribution >= 0.6 is 0 Å².